The van der Waals surface area contributed by atoms with Gasteiger partial charge in [0.2, 0.25) is 0 Å². The first-order valence-corrected chi connectivity index (χ1v) is 6.75. The maximum atomic E-state index is 12.9. The van der Waals surface area contributed by atoms with Crippen LogP contribution in [0.25, 0.3) is 0 Å². The Kier molecular flexibility index (Phi) is 7.11. The van der Waals surface area contributed by atoms with Crippen LogP contribution >= 0.6 is 0 Å². The fraction of sp³-hybridized carbons (Fsp3) is 0.533. The first kappa shape index (κ1) is 15.6. The first-order chi connectivity index (χ1) is 9.19. The Balaban J connectivity index is 2.57. The summed E-state index contributed by atoms with van der Waals surface area (Å²) in [7, 11) is 1.36. The SMILES string of the molecule is CCCCCCNC(C(=O)OC)c1ccc(F)cc1. The van der Waals surface area contributed by atoms with Crippen molar-refractivity contribution in [3.63, 3.8) is 0 Å². The Morgan fingerprint density at radius 2 is 1.95 bits per heavy atom. The highest BCUT2D eigenvalue weighted by molar-refractivity contribution is 5.77. The van der Waals surface area contributed by atoms with Crippen molar-refractivity contribution < 1.29 is 13.9 Å². The molecule has 0 radical (unpaired) electrons. The molecule has 0 spiro atoms. The van der Waals surface area contributed by atoms with Crippen LogP contribution in [0.4, 0.5) is 4.39 Å². The van der Waals surface area contributed by atoms with Crippen LogP contribution in [-0.2, 0) is 9.53 Å². The standard InChI is InChI=1S/C15H22FNO2/c1-3-4-5-6-11-17-14(15(18)19-2)12-7-9-13(16)10-8-12/h7-10,14,17H,3-6,11H2,1-2H3. The lowest BCUT2D eigenvalue weighted by Gasteiger charge is -2.16. The van der Waals surface area contributed by atoms with Gasteiger partial charge in [-0.15, -0.1) is 0 Å². The molecule has 3 nitrogen and oxygen atoms in total. The van der Waals surface area contributed by atoms with Crippen LogP contribution < -0.4 is 5.32 Å². The third-order valence-electron chi connectivity index (χ3n) is 3.02. The molecule has 0 fully saturated rings. The maximum Gasteiger partial charge on any atom is 0.327 e. The van der Waals surface area contributed by atoms with E-state index in [0.717, 1.165) is 24.9 Å². The fourth-order valence-electron chi connectivity index (χ4n) is 1.91. The third kappa shape index (κ3) is 5.39. The van der Waals surface area contributed by atoms with Crippen LogP contribution in [0, 0.1) is 5.82 Å². The van der Waals surface area contributed by atoms with Gasteiger partial charge in [0.15, 0.2) is 0 Å². The summed E-state index contributed by atoms with van der Waals surface area (Å²) in [5.41, 5.74) is 0.726. The molecule has 0 aliphatic carbocycles. The predicted octanol–water partition coefficient (Wildman–Crippen LogP) is 3.21. The minimum Gasteiger partial charge on any atom is -0.468 e. The average Bonchev–Trinajstić information content (AvgIpc) is 2.43. The molecule has 0 saturated carbocycles. The van der Waals surface area contributed by atoms with E-state index in [1.807, 2.05) is 0 Å². The Bertz CT molecular complexity index is 378. The number of nitrogens with one attached hydrogen (secondary N) is 1. The summed E-state index contributed by atoms with van der Waals surface area (Å²) < 4.78 is 17.7. The second-order valence-corrected chi connectivity index (χ2v) is 4.52. The summed E-state index contributed by atoms with van der Waals surface area (Å²) >= 11 is 0. The number of carbonyl (C=O) groups excluding carboxylic acids is 1. The lowest BCUT2D eigenvalue weighted by molar-refractivity contribution is -0.143. The number of ether oxygens (including phenoxy) is 1. The number of rotatable bonds is 8. The molecule has 1 N–H and O–H groups in total. The molecule has 1 unspecified atom stereocenters. The minimum absolute atomic E-state index is 0.310. The molecule has 0 aromatic heterocycles. The van der Waals surface area contributed by atoms with Crippen LogP contribution in [0.2, 0.25) is 0 Å². The van der Waals surface area contributed by atoms with Gasteiger partial charge in [0.1, 0.15) is 11.9 Å². The van der Waals surface area contributed by atoms with E-state index >= 15 is 0 Å². The van der Waals surface area contributed by atoms with E-state index in [1.54, 1.807) is 12.1 Å². The largest absolute Gasteiger partial charge is 0.468 e. The zero-order valence-corrected chi connectivity index (χ0v) is 11.6. The van der Waals surface area contributed by atoms with E-state index in [4.69, 9.17) is 4.74 Å². The Labute approximate surface area is 114 Å². The molecule has 0 amide bonds. The second-order valence-electron chi connectivity index (χ2n) is 4.52. The lowest BCUT2D eigenvalue weighted by atomic mass is 10.1. The summed E-state index contributed by atoms with van der Waals surface area (Å²) in [6.45, 7) is 2.90. The summed E-state index contributed by atoms with van der Waals surface area (Å²) in [6.07, 6.45) is 4.53. The number of benzene rings is 1. The average molecular weight is 267 g/mol. The van der Waals surface area contributed by atoms with Crippen molar-refractivity contribution in [1.82, 2.24) is 5.32 Å². The van der Waals surface area contributed by atoms with Crippen molar-refractivity contribution >= 4 is 5.97 Å². The van der Waals surface area contributed by atoms with Gasteiger partial charge in [-0.25, -0.2) is 9.18 Å². The third-order valence-corrected chi connectivity index (χ3v) is 3.02. The molecule has 0 aliphatic heterocycles. The van der Waals surface area contributed by atoms with Crippen molar-refractivity contribution in [2.24, 2.45) is 0 Å². The lowest BCUT2D eigenvalue weighted by Crippen LogP contribution is -2.30. The van der Waals surface area contributed by atoms with E-state index in [9.17, 15) is 9.18 Å². The molecule has 1 aromatic carbocycles. The normalized spacial score (nSPS) is 12.2. The summed E-state index contributed by atoms with van der Waals surface area (Å²) in [5, 5.41) is 3.17. The Morgan fingerprint density at radius 1 is 1.26 bits per heavy atom. The van der Waals surface area contributed by atoms with Crippen molar-refractivity contribution in [1.29, 1.82) is 0 Å². The molecule has 1 atom stereocenters. The smallest absolute Gasteiger partial charge is 0.327 e. The monoisotopic (exact) mass is 267 g/mol. The molecule has 0 heterocycles. The van der Waals surface area contributed by atoms with E-state index in [2.05, 4.69) is 12.2 Å². The van der Waals surface area contributed by atoms with Gasteiger partial charge in [-0.1, -0.05) is 38.3 Å². The fourth-order valence-corrected chi connectivity index (χ4v) is 1.91. The van der Waals surface area contributed by atoms with Crippen molar-refractivity contribution in [2.45, 2.75) is 38.6 Å². The number of hydrogen-bond acceptors (Lipinski definition) is 3. The number of halogens is 1. The van der Waals surface area contributed by atoms with Gasteiger partial charge in [0, 0.05) is 0 Å². The van der Waals surface area contributed by atoms with Crippen LogP contribution in [0.15, 0.2) is 24.3 Å². The van der Waals surface area contributed by atoms with E-state index < -0.39 is 6.04 Å². The van der Waals surface area contributed by atoms with Crippen LogP contribution in [0.3, 0.4) is 0 Å². The van der Waals surface area contributed by atoms with E-state index in [0.29, 0.717) is 0 Å². The second kappa shape index (κ2) is 8.64. The van der Waals surface area contributed by atoms with Gasteiger partial charge < -0.3 is 10.1 Å². The first-order valence-electron chi connectivity index (χ1n) is 6.75. The zero-order valence-electron chi connectivity index (χ0n) is 11.6. The Hall–Kier alpha value is -1.42. The number of esters is 1. The van der Waals surface area contributed by atoms with Crippen molar-refractivity contribution in [3.8, 4) is 0 Å². The molecule has 19 heavy (non-hydrogen) atoms. The van der Waals surface area contributed by atoms with Gasteiger partial charge in [-0.3, -0.25) is 0 Å². The summed E-state index contributed by atoms with van der Waals surface area (Å²) in [5.74, 6) is -0.655. The van der Waals surface area contributed by atoms with Gasteiger partial charge >= 0.3 is 5.97 Å². The van der Waals surface area contributed by atoms with E-state index in [1.165, 1.54) is 32.1 Å². The molecule has 106 valence electrons. The molecular weight excluding hydrogens is 245 g/mol. The maximum absolute atomic E-state index is 12.9. The number of unbranched alkanes of at least 4 members (excludes halogenated alkanes) is 3. The number of methoxy groups -OCH3 is 1. The van der Waals surface area contributed by atoms with Gasteiger partial charge in [0.25, 0.3) is 0 Å². The van der Waals surface area contributed by atoms with Gasteiger partial charge in [0.05, 0.1) is 7.11 Å². The van der Waals surface area contributed by atoms with Crippen molar-refractivity contribution in [3.05, 3.63) is 35.6 Å². The summed E-state index contributed by atoms with van der Waals surface area (Å²) in [4.78, 5) is 11.7. The zero-order chi connectivity index (χ0) is 14.1. The molecule has 1 aromatic rings. The highest BCUT2D eigenvalue weighted by Gasteiger charge is 2.20. The van der Waals surface area contributed by atoms with Gasteiger partial charge in [-0.05, 0) is 30.7 Å². The van der Waals surface area contributed by atoms with Gasteiger partial charge in [-0.2, -0.15) is 0 Å². The molecule has 4 heteroatoms. The Morgan fingerprint density at radius 3 is 2.53 bits per heavy atom. The highest BCUT2D eigenvalue weighted by atomic mass is 19.1. The van der Waals surface area contributed by atoms with Crippen LogP contribution in [-0.4, -0.2) is 19.6 Å². The summed E-state index contributed by atoms with van der Waals surface area (Å²) in [6, 6.07) is 5.40. The van der Waals surface area contributed by atoms with Crippen molar-refractivity contribution in [2.75, 3.05) is 13.7 Å². The molecule has 0 bridgehead atoms. The molecule has 0 saturated heterocycles. The molecule has 0 aliphatic rings. The van der Waals surface area contributed by atoms with Crippen LogP contribution in [0.5, 0.6) is 0 Å². The van der Waals surface area contributed by atoms with E-state index in [-0.39, 0.29) is 11.8 Å². The minimum atomic E-state index is -0.521. The molecular formula is C15H22FNO2. The number of carbonyl (C=O) groups is 1. The predicted molar refractivity (Wildman–Crippen MR) is 73.3 cm³/mol. The number of hydrogen-bond donors (Lipinski definition) is 1. The molecule has 1 rings (SSSR count). The van der Waals surface area contributed by atoms with Crippen LogP contribution in [0.1, 0.15) is 44.2 Å². The topological polar surface area (TPSA) is 38.3 Å². The highest BCUT2D eigenvalue weighted by Crippen LogP contribution is 2.15. The quantitative estimate of drug-likeness (QED) is 0.580.